The largest absolute Gasteiger partial charge is 0.433 e. The van der Waals surface area contributed by atoms with Crippen LogP contribution in [0, 0.1) is 20.8 Å². The first-order valence-corrected chi connectivity index (χ1v) is 7.45. The van der Waals surface area contributed by atoms with E-state index < -0.39 is 0 Å². The van der Waals surface area contributed by atoms with Crippen molar-refractivity contribution in [1.29, 1.82) is 0 Å². The molecule has 4 rings (SSSR count). The molecule has 0 radical (unpaired) electrons. The Bertz CT molecular complexity index is 839. The summed E-state index contributed by atoms with van der Waals surface area (Å²) in [6.45, 7) is 6.35. The first-order chi connectivity index (χ1) is 11.1. The fraction of sp³-hybridized carbons (Fsp3) is 0.167. The van der Waals surface area contributed by atoms with Crippen LogP contribution in [0.3, 0.4) is 0 Å². The van der Waals surface area contributed by atoms with Gasteiger partial charge in [-0.05, 0) is 38.0 Å². The lowest BCUT2D eigenvalue weighted by atomic mass is 10.0. The van der Waals surface area contributed by atoms with Gasteiger partial charge in [0.2, 0.25) is 5.88 Å². The molecule has 0 bridgehead atoms. The van der Waals surface area contributed by atoms with Crippen molar-refractivity contribution >= 4 is 17.1 Å². The van der Waals surface area contributed by atoms with Crippen LogP contribution in [-0.4, -0.2) is 15.0 Å². The van der Waals surface area contributed by atoms with Crippen molar-refractivity contribution in [2.45, 2.75) is 20.8 Å². The van der Waals surface area contributed by atoms with Gasteiger partial charge in [0.15, 0.2) is 5.75 Å². The summed E-state index contributed by atoms with van der Waals surface area (Å²) in [7, 11) is 0. The monoisotopic (exact) mass is 304 g/mol. The van der Waals surface area contributed by atoms with Crippen LogP contribution in [0.25, 0.3) is 0 Å². The number of aromatic nitrogens is 3. The van der Waals surface area contributed by atoms with Crippen molar-refractivity contribution in [3.8, 4) is 11.6 Å². The van der Waals surface area contributed by atoms with Crippen LogP contribution in [0.4, 0.5) is 17.1 Å². The fourth-order valence-corrected chi connectivity index (χ4v) is 3.18. The molecule has 0 N–H and O–H groups in total. The Morgan fingerprint density at radius 3 is 2.52 bits per heavy atom. The summed E-state index contributed by atoms with van der Waals surface area (Å²) in [4.78, 5) is 14.8. The van der Waals surface area contributed by atoms with Gasteiger partial charge in [-0.2, -0.15) is 4.98 Å². The van der Waals surface area contributed by atoms with Gasteiger partial charge in [0.05, 0.1) is 23.8 Å². The van der Waals surface area contributed by atoms with Crippen LogP contribution in [0.15, 0.2) is 43.1 Å². The molecule has 23 heavy (non-hydrogen) atoms. The quantitative estimate of drug-likeness (QED) is 0.522. The molecule has 3 heterocycles. The van der Waals surface area contributed by atoms with Crippen LogP contribution in [0.2, 0.25) is 0 Å². The summed E-state index contributed by atoms with van der Waals surface area (Å²) in [5.41, 5.74) is 6.54. The Morgan fingerprint density at radius 2 is 1.74 bits per heavy atom. The smallest absolute Gasteiger partial charge is 0.247 e. The maximum absolute atomic E-state index is 5.88. The van der Waals surface area contributed by atoms with E-state index in [1.807, 2.05) is 6.07 Å². The predicted molar refractivity (Wildman–Crippen MR) is 88.8 cm³/mol. The van der Waals surface area contributed by atoms with E-state index in [1.165, 1.54) is 23.0 Å². The lowest BCUT2D eigenvalue weighted by molar-refractivity contribution is 0.453. The lowest BCUT2D eigenvalue weighted by Crippen LogP contribution is -2.19. The molecule has 1 aliphatic heterocycles. The van der Waals surface area contributed by atoms with E-state index in [9.17, 15) is 0 Å². The van der Waals surface area contributed by atoms with E-state index in [0.29, 0.717) is 11.6 Å². The molecule has 2 aromatic heterocycles. The molecular formula is C18H16N4O. The molecule has 5 nitrogen and oxygen atoms in total. The standard InChI is InChI=1S/C18H16N4O/c1-11-6-12(2)17(13(3)7-11)22-14-4-5-19-9-16(14)23-18-15(22)8-20-10-21-18/h4-10H,1-3H3. The number of ether oxygens (including phenoxy) is 1. The average Bonchev–Trinajstić information content (AvgIpc) is 2.53. The Labute approximate surface area is 134 Å². The number of hydrogen-bond donors (Lipinski definition) is 0. The zero-order chi connectivity index (χ0) is 16.0. The highest BCUT2D eigenvalue weighted by atomic mass is 16.5. The molecule has 0 atom stereocenters. The lowest BCUT2D eigenvalue weighted by Gasteiger charge is -2.33. The van der Waals surface area contributed by atoms with Crippen molar-refractivity contribution in [2.24, 2.45) is 0 Å². The number of aryl methyl sites for hydroxylation is 3. The Balaban J connectivity index is 2.02. The Kier molecular flexibility index (Phi) is 3.01. The fourth-order valence-electron chi connectivity index (χ4n) is 3.18. The van der Waals surface area contributed by atoms with E-state index in [0.717, 1.165) is 17.1 Å². The van der Waals surface area contributed by atoms with E-state index in [-0.39, 0.29) is 0 Å². The number of hydrogen-bond acceptors (Lipinski definition) is 5. The summed E-state index contributed by atoms with van der Waals surface area (Å²) in [6, 6.07) is 6.31. The molecule has 0 spiro atoms. The third-order valence-electron chi connectivity index (χ3n) is 3.97. The minimum Gasteiger partial charge on any atom is -0.433 e. The maximum Gasteiger partial charge on any atom is 0.247 e. The molecule has 1 aliphatic rings. The number of nitrogens with zero attached hydrogens (tertiary/aromatic N) is 4. The minimum atomic E-state index is 0.542. The zero-order valence-corrected chi connectivity index (χ0v) is 13.2. The summed E-state index contributed by atoms with van der Waals surface area (Å²) >= 11 is 0. The Morgan fingerprint density at radius 1 is 0.957 bits per heavy atom. The van der Waals surface area contributed by atoms with Gasteiger partial charge in [-0.15, -0.1) is 0 Å². The van der Waals surface area contributed by atoms with Crippen LogP contribution >= 0.6 is 0 Å². The van der Waals surface area contributed by atoms with E-state index >= 15 is 0 Å². The van der Waals surface area contributed by atoms with Crippen molar-refractivity contribution in [1.82, 2.24) is 15.0 Å². The highest BCUT2D eigenvalue weighted by molar-refractivity contribution is 5.87. The van der Waals surface area contributed by atoms with Gasteiger partial charge in [-0.3, -0.25) is 4.98 Å². The molecule has 0 saturated carbocycles. The summed E-state index contributed by atoms with van der Waals surface area (Å²) < 4.78 is 5.88. The van der Waals surface area contributed by atoms with Crippen LogP contribution in [-0.2, 0) is 0 Å². The van der Waals surface area contributed by atoms with E-state index in [4.69, 9.17) is 4.74 Å². The molecule has 5 heteroatoms. The zero-order valence-electron chi connectivity index (χ0n) is 13.2. The number of benzene rings is 1. The van der Waals surface area contributed by atoms with Crippen molar-refractivity contribution < 1.29 is 4.74 Å². The molecule has 0 fully saturated rings. The molecule has 0 aliphatic carbocycles. The van der Waals surface area contributed by atoms with Gasteiger partial charge < -0.3 is 9.64 Å². The normalized spacial score (nSPS) is 12.4. The molecule has 0 unspecified atom stereocenters. The molecule has 3 aromatic rings. The predicted octanol–water partition coefficient (Wildman–Crippen LogP) is 4.37. The number of pyridine rings is 1. The van der Waals surface area contributed by atoms with Crippen LogP contribution in [0.1, 0.15) is 16.7 Å². The second-order valence-electron chi connectivity index (χ2n) is 5.74. The van der Waals surface area contributed by atoms with Gasteiger partial charge in [0.25, 0.3) is 0 Å². The average molecular weight is 304 g/mol. The van der Waals surface area contributed by atoms with Gasteiger partial charge in [-0.1, -0.05) is 17.7 Å². The summed E-state index contributed by atoms with van der Waals surface area (Å²) in [6.07, 6.45) is 6.76. The number of fused-ring (bicyclic) bond motifs is 2. The molecule has 1 aromatic carbocycles. The number of anilines is 3. The second kappa shape index (κ2) is 5.05. The summed E-state index contributed by atoms with van der Waals surface area (Å²) in [5.74, 6) is 1.23. The molecule has 114 valence electrons. The Hall–Kier alpha value is -2.95. The highest BCUT2D eigenvalue weighted by Gasteiger charge is 2.28. The van der Waals surface area contributed by atoms with Crippen molar-refractivity contribution in [2.75, 3.05) is 4.90 Å². The van der Waals surface area contributed by atoms with Crippen molar-refractivity contribution in [3.63, 3.8) is 0 Å². The highest BCUT2D eigenvalue weighted by Crippen LogP contribution is 2.50. The van der Waals surface area contributed by atoms with Crippen LogP contribution in [0.5, 0.6) is 11.6 Å². The molecule has 0 saturated heterocycles. The minimum absolute atomic E-state index is 0.542. The first-order valence-electron chi connectivity index (χ1n) is 7.45. The summed E-state index contributed by atoms with van der Waals surface area (Å²) in [5, 5.41) is 0. The van der Waals surface area contributed by atoms with Gasteiger partial charge in [0.1, 0.15) is 12.0 Å². The SMILES string of the molecule is Cc1cc(C)c(N2c3ccncc3Oc3ncncc32)c(C)c1. The third-order valence-corrected chi connectivity index (χ3v) is 3.97. The van der Waals surface area contributed by atoms with Crippen molar-refractivity contribution in [3.05, 3.63) is 59.8 Å². The second-order valence-corrected chi connectivity index (χ2v) is 5.74. The van der Waals surface area contributed by atoms with E-state index in [1.54, 1.807) is 18.6 Å². The first kappa shape index (κ1) is 13.7. The topological polar surface area (TPSA) is 51.1 Å². The molecule has 0 amide bonds. The molecular weight excluding hydrogens is 288 g/mol. The van der Waals surface area contributed by atoms with Gasteiger partial charge >= 0.3 is 0 Å². The number of rotatable bonds is 1. The van der Waals surface area contributed by atoms with Gasteiger partial charge in [0, 0.05) is 6.20 Å². The van der Waals surface area contributed by atoms with Crippen LogP contribution < -0.4 is 9.64 Å². The third kappa shape index (κ3) is 2.12. The van der Waals surface area contributed by atoms with E-state index in [2.05, 4.69) is 52.8 Å². The maximum atomic E-state index is 5.88. The van der Waals surface area contributed by atoms with Gasteiger partial charge in [-0.25, -0.2) is 4.98 Å².